The van der Waals surface area contributed by atoms with E-state index in [1.165, 1.54) is 31.4 Å². The molecule has 0 saturated heterocycles. The summed E-state index contributed by atoms with van der Waals surface area (Å²) < 4.78 is 23.5. The number of anilines is 2. The molecular formula is C12H12ClN5O3S. The lowest BCUT2D eigenvalue weighted by atomic mass is 10.3. The lowest BCUT2D eigenvalue weighted by Crippen LogP contribution is -2.21. The third kappa shape index (κ3) is 3.49. The molecule has 0 radical (unpaired) electrons. The van der Waals surface area contributed by atoms with Crippen LogP contribution in [-0.2, 0) is 9.84 Å². The summed E-state index contributed by atoms with van der Waals surface area (Å²) in [6.45, 7) is 0. The second-order valence-corrected chi connectivity index (χ2v) is 6.63. The van der Waals surface area contributed by atoms with E-state index in [2.05, 4.69) is 25.8 Å². The minimum atomic E-state index is -3.50. The second kappa shape index (κ2) is 6.24. The number of hydrogen-bond donors (Lipinski definition) is 2. The van der Waals surface area contributed by atoms with E-state index in [4.69, 9.17) is 11.6 Å². The number of rotatable bonds is 4. The molecule has 116 valence electrons. The van der Waals surface area contributed by atoms with Crippen LogP contribution in [0.5, 0.6) is 0 Å². The van der Waals surface area contributed by atoms with Gasteiger partial charge in [-0.2, -0.15) is 0 Å². The van der Waals surface area contributed by atoms with Gasteiger partial charge in [0.15, 0.2) is 20.7 Å². The molecule has 2 N–H and O–H groups in total. The summed E-state index contributed by atoms with van der Waals surface area (Å²) in [5.41, 5.74) is 0.167. The Kier molecular flexibility index (Phi) is 4.57. The van der Waals surface area contributed by atoms with Crippen molar-refractivity contribution in [2.75, 3.05) is 18.6 Å². The van der Waals surface area contributed by atoms with Crippen molar-refractivity contribution in [1.29, 1.82) is 0 Å². The quantitative estimate of drug-likeness (QED) is 0.853. The maximum atomic E-state index is 11.8. The van der Waals surface area contributed by atoms with Gasteiger partial charge in [-0.1, -0.05) is 11.6 Å². The number of pyridine rings is 1. The van der Waals surface area contributed by atoms with Crippen LogP contribution < -0.4 is 10.6 Å². The Balaban J connectivity index is 2.53. The first-order chi connectivity index (χ1) is 10.3. The van der Waals surface area contributed by atoms with Gasteiger partial charge in [-0.3, -0.25) is 4.79 Å². The van der Waals surface area contributed by atoms with Crippen LogP contribution in [0.25, 0.3) is 0 Å². The Morgan fingerprint density at radius 2 is 2.05 bits per heavy atom. The number of halogens is 1. The number of carbonyl (C=O) groups excluding carboxylic acids is 1. The molecule has 2 aromatic heterocycles. The molecule has 10 heteroatoms. The Labute approximate surface area is 131 Å². The van der Waals surface area contributed by atoms with Crippen LogP contribution in [0.1, 0.15) is 10.5 Å². The molecule has 0 unspecified atom stereocenters. The summed E-state index contributed by atoms with van der Waals surface area (Å²) in [5.74, 6) is -0.428. The zero-order chi connectivity index (χ0) is 16.3. The summed E-state index contributed by atoms with van der Waals surface area (Å²) in [5, 5.41) is 12.5. The van der Waals surface area contributed by atoms with Crippen LogP contribution in [0.4, 0.5) is 11.5 Å². The highest BCUT2D eigenvalue weighted by Crippen LogP contribution is 2.25. The smallest absolute Gasteiger partial charge is 0.273 e. The van der Waals surface area contributed by atoms with Crippen LogP contribution in [0.15, 0.2) is 29.3 Å². The molecule has 2 heterocycles. The predicted molar refractivity (Wildman–Crippen MR) is 81.1 cm³/mol. The average Bonchev–Trinajstić information content (AvgIpc) is 2.46. The van der Waals surface area contributed by atoms with Crippen LogP contribution >= 0.6 is 11.6 Å². The zero-order valence-corrected chi connectivity index (χ0v) is 13.2. The first-order valence-corrected chi connectivity index (χ1v) is 8.27. The van der Waals surface area contributed by atoms with Crippen LogP contribution in [-0.4, -0.2) is 42.8 Å². The van der Waals surface area contributed by atoms with Gasteiger partial charge in [-0.15, -0.1) is 10.2 Å². The molecule has 0 bridgehead atoms. The van der Waals surface area contributed by atoms with E-state index in [9.17, 15) is 13.2 Å². The minimum Gasteiger partial charge on any atom is -0.354 e. The molecule has 8 nitrogen and oxygen atoms in total. The van der Waals surface area contributed by atoms with Crippen LogP contribution in [0.2, 0.25) is 5.15 Å². The van der Waals surface area contributed by atoms with Gasteiger partial charge in [0.05, 0.1) is 5.69 Å². The number of amides is 1. The molecule has 22 heavy (non-hydrogen) atoms. The van der Waals surface area contributed by atoms with Gasteiger partial charge in [0.1, 0.15) is 10.7 Å². The van der Waals surface area contributed by atoms with Gasteiger partial charge < -0.3 is 10.6 Å². The van der Waals surface area contributed by atoms with E-state index < -0.39 is 15.7 Å². The Morgan fingerprint density at radius 3 is 2.68 bits per heavy atom. The highest BCUT2D eigenvalue weighted by molar-refractivity contribution is 7.90. The first kappa shape index (κ1) is 16.1. The molecule has 0 saturated carbocycles. The van der Waals surface area contributed by atoms with Crippen molar-refractivity contribution in [3.63, 3.8) is 0 Å². The fraction of sp³-hybridized carbons (Fsp3) is 0.167. The van der Waals surface area contributed by atoms with E-state index in [1.807, 2.05) is 0 Å². The lowest BCUT2D eigenvalue weighted by Gasteiger charge is -2.12. The lowest BCUT2D eigenvalue weighted by molar-refractivity contribution is 0.0958. The fourth-order valence-electron chi connectivity index (χ4n) is 1.66. The topological polar surface area (TPSA) is 114 Å². The third-order valence-corrected chi connectivity index (χ3v) is 3.94. The number of carbonyl (C=O) groups is 1. The molecule has 2 aromatic rings. The summed E-state index contributed by atoms with van der Waals surface area (Å²) in [6.07, 6.45) is 2.49. The summed E-state index contributed by atoms with van der Waals surface area (Å²) in [6, 6.07) is 4.26. The number of sulfone groups is 1. The molecule has 0 fully saturated rings. The van der Waals surface area contributed by atoms with Gasteiger partial charge in [-0.25, -0.2) is 13.4 Å². The van der Waals surface area contributed by atoms with Crippen LogP contribution in [0, 0.1) is 0 Å². The largest absolute Gasteiger partial charge is 0.354 e. The number of hydrogen-bond acceptors (Lipinski definition) is 7. The molecular weight excluding hydrogens is 330 g/mol. The maximum absolute atomic E-state index is 11.8. The number of nitrogens with zero attached hydrogens (tertiary/aromatic N) is 3. The highest BCUT2D eigenvalue weighted by atomic mass is 35.5. The van der Waals surface area contributed by atoms with Crippen molar-refractivity contribution in [3.8, 4) is 0 Å². The third-order valence-electron chi connectivity index (χ3n) is 2.63. The molecule has 0 aliphatic carbocycles. The van der Waals surface area contributed by atoms with Gasteiger partial charge in [-0.05, 0) is 12.1 Å². The number of aromatic nitrogens is 3. The standard InChI is InChI=1S/C12H12ClN5O3S/c1-14-12(19)10-7(6-9(13)17-18-10)16-11-8(22(2,20)21)4-3-5-15-11/h3-6H,1-2H3,(H,14,19)(H,15,16,17). The van der Waals surface area contributed by atoms with Crippen molar-refractivity contribution in [1.82, 2.24) is 20.5 Å². The van der Waals surface area contributed by atoms with Gasteiger partial charge in [0.2, 0.25) is 0 Å². The monoisotopic (exact) mass is 341 g/mol. The van der Waals surface area contributed by atoms with E-state index in [0.717, 1.165) is 6.26 Å². The number of nitrogens with one attached hydrogen (secondary N) is 2. The van der Waals surface area contributed by atoms with Crippen molar-refractivity contribution < 1.29 is 13.2 Å². The van der Waals surface area contributed by atoms with Gasteiger partial charge in [0.25, 0.3) is 5.91 Å². The summed E-state index contributed by atoms with van der Waals surface area (Å²) in [4.78, 5) is 15.8. The van der Waals surface area contributed by atoms with E-state index in [1.54, 1.807) is 0 Å². The van der Waals surface area contributed by atoms with Crippen molar-refractivity contribution in [2.45, 2.75) is 4.90 Å². The molecule has 1 amide bonds. The average molecular weight is 342 g/mol. The Hall–Kier alpha value is -2.26. The van der Waals surface area contributed by atoms with Gasteiger partial charge in [0, 0.05) is 25.6 Å². The molecule has 2 rings (SSSR count). The van der Waals surface area contributed by atoms with E-state index in [0.29, 0.717) is 0 Å². The zero-order valence-electron chi connectivity index (χ0n) is 11.7. The van der Waals surface area contributed by atoms with Crippen molar-refractivity contribution >= 4 is 38.9 Å². The fourth-order valence-corrected chi connectivity index (χ4v) is 2.59. The summed E-state index contributed by atoms with van der Waals surface area (Å²) in [7, 11) is -2.06. The molecule has 0 aliphatic heterocycles. The molecule has 0 spiro atoms. The Bertz CT molecular complexity index is 825. The first-order valence-electron chi connectivity index (χ1n) is 6.00. The van der Waals surface area contributed by atoms with Crippen molar-refractivity contribution in [3.05, 3.63) is 35.2 Å². The van der Waals surface area contributed by atoms with E-state index >= 15 is 0 Å². The highest BCUT2D eigenvalue weighted by Gasteiger charge is 2.18. The summed E-state index contributed by atoms with van der Waals surface area (Å²) >= 11 is 5.78. The van der Waals surface area contributed by atoms with Crippen molar-refractivity contribution in [2.24, 2.45) is 0 Å². The second-order valence-electron chi connectivity index (χ2n) is 4.26. The predicted octanol–water partition coefficient (Wildman–Crippen LogP) is 1.03. The van der Waals surface area contributed by atoms with Gasteiger partial charge >= 0.3 is 0 Å². The molecule has 0 atom stereocenters. The Morgan fingerprint density at radius 1 is 1.32 bits per heavy atom. The minimum absolute atomic E-state index is 0.00853. The molecule has 0 aromatic carbocycles. The normalized spacial score (nSPS) is 11.0. The van der Waals surface area contributed by atoms with Crippen LogP contribution in [0.3, 0.4) is 0 Å². The SMILES string of the molecule is CNC(=O)c1nnc(Cl)cc1Nc1ncccc1S(C)(=O)=O. The molecule has 0 aliphatic rings. The maximum Gasteiger partial charge on any atom is 0.273 e. The van der Waals surface area contributed by atoms with E-state index in [-0.39, 0.29) is 27.2 Å².